The number of carboxylic acid groups (broad SMARTS) is 1. The van der Waals surface area contributed by atoms with Gasteiger partial charge < -0.3 is 15.9 Å². The van der Waals surface area contributed by atoms with E-state index in [-0.39, 0.29) is 51.3 Å². The zero-order valence-corrected chi connectivity index (χ0v) is 19.2. The van der Waals surface area contributed by atoms with Gasteiger partial charge in [0, 0.05) is 22.2 Å². The number of carbonyl (C=O) groups is 1. The number of carboxylic acids is 1. The Morgan fingerprint density at radius 2 is 1.71 bits per heavy atom. The second-order valence-corrected chi connectivity index (χ2v) is 8.19. The Bertz CT molecular complexity index is 1440. The standard InChI is InChI=1S/C21H17N5O6S.Cu/c1-12-9-16(22)19(27)18(10-12)24-26-20(13-5-3-2-4-6-13)25-23-17-11-14(33(30,31)32)7-8-15(17)21(28)29;/h2-11H,1H3,(H4,22,23,24,28,29,30,31,32);/p+1. The quantitative estimate of drug-likeness (QED) is 0.0563. The summed E-state index contributed by atoms with van der Waals surface area (Å²) in [5.74, 6) is -1.72. The number of aryl methyl sites for hydroxylation is 1. The van der Waals surface area contributed by atoms with Crippen molar-refractivity contribution in [3.63, 3.8) is 0 Å². The van der Waals surface area contributed by atoms with Crippen molar-refractivity contribution in [1.29, 1.82) is 0 Å². The molecule has 0 amide bonds. The molecule has 0 saturated carbocycles. The third-order valence-electron chi connectivity index (χ3n) is 4.30. The Kier molecular flexibility index (Phi) is 8.41. The van der Waals surface area contributed by atoms with Gasteiger partial charge >= 0.3 is 11.8 Å². The normalized spacial score (nSPS) is 10.9. The number of phenolic OH excluding ortho intramolecular Hbond substituents is 1. The van der Waals surface area contributed by atoms with Crippen LogP contribution in [0, 0.1) is 6.92 Å². The molecule has 1 radical (unpaired) electrons. The summed E-state index contributed by atoms with van der Waals surface area (Å²) in [6.45, 7) is 1.76. The maximum Gasteiger partial charge on any atom is 0.477 e. The predicted octanol–water partition coefficient (Wildman–Crippen LogP) is 3.75. The van der Waals surface area contributed by atoms with Crippen LogP contribution in [-0.2, 0) is 27.2 Å². The molecule has 0 aliphatic carbocycles. The maximum absolute atomic E-state index is 11.5. The third-order valence-corrected chi connectivity index (χ3v) is 5.15. The van der Waals surface area contributed by atoms with E-state index in [0.717, 1.165) is 23.8 Å². The van der Waals surface area contributed by atoms with Crippen LogP contribution in [0.2, 0.25) is 0 Å². The first-order chi connectivity index (χ1) is 15.6. The van der Waals surface area contributed by atoms with Crippen LogP contribution >= 0.6 is 0 Å². The predicted molar refractivity (Wildman–Crippen MR) is 118 cm³/mol. The zero-order valence-electron chi connectivity index (χ0n) is 17.4. The van der Waals surface area contributed by atoms with E-state index < -0.39 is 21.0 Å². The minimum atomic E-state index is -4.60. The van der Waals surface area contributed by atoms with Gasteiger partial charge in [-0.25, -0.2) is 4.79 Å². The van der Waals surface area contributed by atoms with Crippen molar-refractivity contribution in [3.05, 3.63) is 77.4 Å². The summed E-state index contributed by atoms with van der Waals surface area (Å²) in [6.07, 6.45) is 0. The molecule has 0 heterocycles. The van der Waals surface area contributed by atoms with E-state index in [0.29, 0.717) is 5.56 Å². The summed E-state index contributed by atoms with van der Waals surface area (Å²) in [5.41, 5.74) is 6.44. The molecule has 3 aromatic rings. The molecule has 0 aliphatic rings. The van der Waals surface area contributed by atoms with Crippen LogP contribution in [0.4, 0.5) is 17.1 Å². The number of anilines is 1. The molecular formula is C21H18CuN5O6S+. The van der Waals surface area contributed by atoms with Gasteiger partial charge in [0.1, 0.15) is 10.8 Å². The van der Waals surface area contributed by atoms with Crippen molar-refractivity contribution < 1.29 is 49.8 Å². The number of aromatic carboxylic acids is 1. The fraction of sp³-hybridized carbons (Fsp3) is 0.0476. The number of benzene rings is 3. The van der Waals surface area contributed by atoms with E-state index in [1.807, 2.05) is 0 Å². The number of nitrogens with zero attached hydrogens (tertiary/aromatic N) is 4. The number of nitrogen functional groups attached to an aromatic ring is 1. The van der Waals surface area contributed by atoms with E-state index in [1.54, 1.807) is 49.4 Å². The van der Waals surface area contributed by atoms with Gasteiger partial charge in [0.25, 0.3) is 10.1 Å². The molecule has 0 bridgehead atoms. The van der Waals surface area contributed by atoms with E-state index in [1.165, 1.54) is 0 Å². The molecule has 13 heteroatoms. The number of phenols is 1. The molecule has 0 aliphatic heterocycles. The minimum Gasteiger partial charge on any atom is -0.504 e. The Morgan fingerprint density at radius 3 is 2.32 bits per heavy atom. The summed E-state index contributed by atoms with van der Waals surface area (Å²) in [4.78, 5) is 14.9. The van der Waals surface area contributed by atoms with Gasteiger partial charge in [0.2, 0.25) is 0 Å². The molecule has 5 N–H and O–H groups in total. The summed E-state index contributed by atoms with van der Waals surface area (Å²) in [5, 5.41) is 31.3. The minimum absolute atomic E-state index is 0. The Balaban J connectivity index is 0.00000408. The average Bonchev–Trinajstić information content (AvgIpc) is 2.76. The van der Waals surface area contributed by atoms with Crippen molar-refractivity contribution in [3.8, 4) is 5.75 Å². The van der Waals surface area contributed by atoms with Crippen molar-refractivity contribution in [2.75, 3.05) is 5.73 Å². The topological polar surface area (TPSA) is 189 Å². The number of hydrogen-bond donors (Lipinski definition) is 4. The molecule has 0 spiro atoms. The van der Waals surface area contributed by atoms with Crippen LogP contribution in [0.3, 0.4) is 0 Å². The van der Waals surface area contributed by atoms with Crippen LogP contribution in [0.5, 0.6) is 5.75 Å². The molecule has 11 nitrogen and oxygen atoms in total. The SMILES string of the molecule is Cc1cc(N)c(O)c(N=NC(=[N+]=Nc2cc(S(=O)(=O)O)ccc2C(=O)O)c2ccccc2)c1.[Cu]. The van der Waals surface area contributed by atoms with E-state index in [2.05, 4.69) is 20.1 Å². The number of aromatic hydroxyl groups is 1. The second kappa shape index (κ2) is 10.8. The number of azo groups is 1. The monoisotopic (exact) mass is 531 g/mol. The summed E-state index contributed by atoms with van der Waals surface area (Å²) in [6, 6.07) is 14.3. The fourth-order valence-corrected chi connectivity index (χ4v) is 3.22. The molecule has 0 aromatic heterocycles. The van der Waals surface area contributed by atoms with E-state index in [9.17, 15) is 28.0 Å². The largest absolute Gasteiger partial charge is 0.504 e. The first-order valence-electron chi connectivity index (χ1n) is 9.26. The zero-order chi connectivity index (χ0) is 24.2. The molecule has 0 atom stereocenters. The van der Waals surface area contributed by atoms with Gasteiger partial charge in [-0.3, -0.25) is 4.55 Å². The fourth-order valence-electron chi connectivity index (χ4n) is 2.72. The smallest absolute Gasteiger partial charge is 0.477 e. The number of nitrogens with two attached hydrogens (primary N) is 1. The van der Waals surface area contributed by atoms with E-state index >= 15 is 0 Å². The van der Waals surface area contributed by atoms with Crippen LogP contribution < -0.4 is 5.73 Å². The number of rotatable bonds is 5. The molecule has 0 saturated heterocycles. The Hall–Kier alpha value is -3.86. The first kappa shape index (κ1) is 26.4. The Morgan fingerprint density at radius 1 is 1.03 bits per heavy atom. The number of hydrogen-bond acceptors (Lipinski definition) is 7. The molecule has 3 rings (SSSR count). The summed E-state index contributed by atoms with van der Waals surface area (Å²) >= 11 is 0. The van der Waals surface area contributed by atoms with Crippen LogP contribution in [0.25, 0.3) is 0 Å². The molecule has 0 unspecified atom stereocenters. The van der Waals surface area contributed by atoms with Crippen LogP contribution in [-0.4, -0.2) is 39.8 Å². The van der Waals surface area contributed by atoms with Crippen molar-refractivity contribution >= 4 is 39.0 Å². The van der Waals surface area contributed by atoms with Crippen molar-refractivity contribution in [2.24, 2.45) is 15.3 Å². The third kappa shape index (κ3) is 6.35. The summed E-state index contributed by atoms with van der Waals surface area (Å²) in [7, 11) is -4.60. The second-order valence-electron chi connectivity index (χ2n) is 6.77. The van der Waals surface area contributed by atoms with Crippen LogP contribution in [0.15, 0.2) is 80.9 Å². The van der Waals surface area contributed by atoms with Crippen LogP contribution in [0.1, 0.15) is 21.5 Å². The maximum atomic E-state index is 11.5. The average molecular weight is 532 g/mol. The van der Waals surface area contributed by atoms with Gasteiger partial charge in [-0.1, -0.05) is 23.0 Å². The van der Waals surface area contributed by atoms with Gasteiger partial charge in [-0.15, -0.1) is 0 Å². The van der Waals surface area contributed by atoms with Gasteiger partial charge in [-0.05, 0) is 60.1 Å². The number of amidine groups is 1. The van der Waals surface area contributed by atoms with E-state index in [4.69, 9.17) is 5.73 Å². The first-order valence-corrected chi connectivity index (χ1v) is 10.7. The summed E-state index contributed by atoms with van der Waals surface area (Å²) < 4.78 is 32.1. The molecule has 34 heavy (non-hydrogen) atoms. The Labute approximate surface area is 204 Å². The van der Waals surface area contributed by atoms with Crippen molar-refractivity contribution in [1.82, 2.24) is 0 Å². The van der Waals surface area contributed by atoms with Gasteiger partial charge in [0.15, 0.2) is 11.4 Å². The molecule has 3 aromatic carbocycles. The molecule has 0 fully saturated rings. The molecule has 179 valence electrons. The molecular weight excluding hydrogens is 514 g/mol. The van der Waals surface area contributed by atoms with Crippen molar-refractivity contribution in [2.45, 2.75) is 11.8 Å². The van der Waals surface area contributed by atoms with Gasteiger partial charge in [0.05, 0.1) is 21.7 Å². The van der Waals surface area contributed by atoms with Gasteiger partial charge in [-0.2, -0.15) is 8.42 Å².